The quantitative estimate of drug-likeness (QED) is 0.804. The lowest BCUT2D eigenvalue weighted by molar-refractivity contribution is 0.0698. The van der Waals surface area contributed by atoms with Crippen LogP contribution in [-0.4, -0.2) is 25.8 Å². The minimum atomic E-state index is -0.948. The van der Waals surface area contributed by atoms with Crippen LogP contribution in [0.4, 0.5) is 0 Å². The first-order valence-electron chi connectivity index (χ1n) is 6.36. The molecule has 0 fully saturated rings. The van der Waals surface area contributed by atoms with E-state index in [1.807, 2.05) is 38.2 Å². The molecule has 3 rings (SSSR count). The molecular weight excluding hydrogens is 286 g/mol. The summed E-state index contributed by atoms with van der Waals surface area (Å²) in [5.74, 6) is -0.948. The highest BCUT2D eigenvalue weighted by Crippen LogP contribution is 2.29. The zero-order valence-corrected chi connectivity index (χ0v) is 12.4. The van der Waals surface area contributed by atoms with Crippen LogP contribution in [-0.2, 0) is 7.05 Å². The van der Waals surface area contributed by atoms with E-state index in [2.05, 4.69) is 10.1 Å². The van der Waals surface area contributed by atoms with Crippen molar-refractivity contribution >= 4 is 28.6 Å². The summed E-state index contributed by atoms with van der Waals surface area (Å²) in [6.45, 7) is 1.92. The van der Waals surface area contributed by atoms with E-state index in [0.717, 1.165) is 10.7 Å². The van der Waals surface area contributed by atoms with Crippen molar-refractivity contribution in [1.82, 2.24) is 14.8 Å². The zero-order chi connectivity index (χ0) is 15.0. The van der Waals surface area contributed by atoms with Gasteiger partial charge in [0.05, 0.1) is 16.8 Å². The van der Waals surface area contributed by atoms with Gasteiger partial charge in [-0.25, -0.2) is 9.78 Å². The van der Waals surface area contributed by atoms with E-state index in [9.17, 15) is 9.90 Å². The fourth-order valence-corrected chi connectivity index (χ4v) is 3.11. The Labute approximate surface area is 125 Å². The van der Waals surface area contributed by atoms with E-state index in [-0.39, 0.29) is 5.56 Å². The predicted octanol–water partition coefficient (Wildman–Crippen LogP) is 3.13. The summed E-state index contributed by atoms with van der Waals surface area (Å²) in [5.41, 5.74) is 1.86. The van der Waals surface area contributed by atoms with Crippen molar-refractivity contribution in [3.05, 3.63) is 47.7 Å². The van der Waals surface area contributed by atoms with E-state index >= 15 is 0 Å². The summed E-state index contributed by atoms with van der Waals surface area (Å²) in [4.78, 5) is 16.0. The van der Waals surface area contributed by atoms with Gasteiger partial charge < -0.3 is 5.11 Å². The van der Waals surface area contributed by atoms with Gasteiger partial charge in [0, 0.05) is 12.4 Å². The molecule has 3 aromatic rings. The van der Waals surface area contributed by atoms with Crippen molar-refractivity contribution in [3.8, 4) is 0 Å². The summed E-state index contributed by atoms with van der Waals surface area (Å²) in [6.07, 6.45) is 0. The van der Waals surface area contributed by atoms with E-state index in [4.69, 9.17) is 0 Å². The first-order chi connectivity index (χ1) is 10.0. The van der Waals surface area contributed by atoms with Gasteiger partial charge in [-0.15, -0.1) is 0 Å². The van der Waals surface area contributed by atoms with Crippen molar-refractivity contribution in [1.29, 1.82) is 0 Å². The number of para-hydroxylation sites is 1. The van der Waals surface area contributed by atoms with E-state index in [1.165, 1.54) is 11.8 Å². The van der Waals surface area contributed by atoms with Crippen LogP contribution in [0, 0.1) is 6.92 Å². The Bertz CT molecular complexity index is 842. The van der Waals surface area contributed by atoms with Crippen molar-refractivity contribution in [2.24, 2.45) is 7.05 Å². The predicted molar refractivity (Wildman–Crippen MR) is 80.8 cm³/mol. The second kappa shape index (κ2) is 5.21. The number of carbonyl (C=O) groups is 1. The maximum atomic E-state index is 11.4. The highest BCUT2D eigenvalue weighted by molar-refractivity contribution is 7.99. The van der Waals surface area contributed by atoms with Crippen molar-refractivity contribution < 1.29 is 9.90 Å². The highest BCUT2D eigenvalue weighted by Gasteiger charge is 2.13. The van der Waals surface area contributed by atoms with Crippen LogP contribution in [0.15, 0.2) is 46.5 Å². The summed E-state index contributed by atoms with van der Waals surface area (Å²) >= 11 is 1.41. The number of aromatic carboxylic acids is 1. The molecule has 0 atom stereocenters. The summed E-state index contributed by atoms with van der Waals surface area (Å²) in [5, 5.41) is 15.9. The molecule has 0 aliphatic carbocycles. The van der Waals surface area contributed by atoms with Crippen LogP contribution in [0.3, 0.4) is 0 Å². The molecule has 5 nitrogen and oxygen atoms in total. The molecule has 6 heteroatoms. The first-order valence-corrected chi connectivity index (χ1v) is 7.18. The number of nitrogens with zero attached hydrogens (tertiary/aromatic N) is 3. The number of aromatic nitrogens is 3. The van der Waals surface area contributed by atoms with Gasteiger partial charge >= 0.3 is 5.97 Å². The molecule has 106 valence electrons. The monoisotopic (exact) mass is 299 g/mol. The fraction of sp³-hybridized carbons (Fsp3) is 0.133. The molecule has 0 bridgehead atoms. The number of carboxylic acid groups (broad SMARTS) is 1. The maximum Gasteiger partial charge on any atom is 0.336 e. The Hall–Kier alpha value is -2.34. The normalized spacial score (nSPS) is 11.0. The number of aryl methyl sites for hydroxylation is 2. The first kappa shape index (κ1) is 13.6. The lowest BCUT2D eigenvalue weighted by Gasteiger charge is -2.06. The van der Waals surface area contributed by atoms with Crippen molar-refractivity contribution in [3.63, 3.8) is 0 Å². The Morgan fingerprint density at radius 3 is 2.71 bits per heavy atom. The average molecular weight is 299 g/mol. The van der Waals surface area contributed by atoms with E-state index in [1.54, 1.807) is 16.8 Å². The number of hydrogen-bond donors (Lipinski definition) is 1. The number of rotatable bonds is 3. The zero-order valence-electron chi connectivity index (χ0n) is 11.6. The Morgan fingerprint density at radius 2 is 2.05 bits per heavy atom. The van der Waals surface area contributed by atoms with Gasteiger partial charge in [0.25, 0.3) is 0 Å². The van der Waals surface area contributed by atoms with Gasteiger partial charge in [-0.1, -0.05) is 30.0 Å². The molecule has 0 aliphatic heterocycles. The lowest BCUT2D eigenvalue weighted by atomic mass is 10.1. The second-order valence-corrected chi connectivity index (χ2v) is 5.72. The molecule has 1 N–H and O–H groups in total. The Balaban J connectivity index is 2.11. The van der Waals surface area contributed by atoms with Crippen LogP contribution in [0.5, 0.6) is 0 Å². The summed E-state index contributed by atoms with van der Waals surface area (Å²) in [7, 11) is 1.86. The number of hydrogen-bond acceptors (Lipinski definition) is 4. The van der Waals surface area contributed by atoms with E-state index < -0.39 is 5.97 Å². The molecule has 0 radical (unpaired) electrons. The number of fused-ring (bicyclic) bond motifs is 1. The van der Waals surface area contributed by atoms with Crippen molar-refractivity contribution in [2.45, 2.75) is 17.0 Å². The van der Waals surface area contributed by atoms with Crippen LogP contribution in [0.1, 0.15) is 16.1 Å². The third-order valence-electron chi connectivity index (χ3n) is 3.09. The van der Waals surface area contributed by atoms with Gasteiger partial charge in [-0.05, 0) is 25.1 Å². The van der Waals surface area contributed by atoms with Gasteiger partial charge in [0.1, 0.15) is 10.1 Å². The number of benzene rings is 1. The highest BCUT2D eigenvalue weighted by atomic mass is 32.2. The molecular formula is C15H13N3O2S. The smallest absolute Gasteiger partial charge is 0.336 e. The van der Waals surface area contributed by atoms with Gasteiger partial charge in [-0.2, -0.15) is 5.10 Å². The third-order valence-corrected chi connectivity index (χ3v) is 4.10. The largest absolute Gasteiger partial charge is 0.478 e. The third kappa shape index (κ3) is 2.62. The molecule has 0 saturated carbocycles. The Morgan fingerprint density at radius 1 is 1.29 bits per heavy atom. The van der Waals surface area contributed by atoms with Crippen LogP contribution >= 0.6 is 11.8 Å². The molecule has 0 unspecified atom stereocenters. The molecule has 0 amide bonds. The van der Waals surface area contributed by atoms with Crippen LogP contribution in [0.2, 0.25) is 0 Å². The van der Waals surface area contributed by atoms with E-state index in [0.29, 0.717) is 15.9 Å². The van der Waals surface area contributed by atoms with Crippen LogP contribution in [0.25, 0.3) is 10.9 Å². The minimum absolute atomic E-state index is 0.266. The SMILES string of the molecule is Cc1cc(Sc2cc(C(=O)O)c3ccccc3n2)n(C)n1. The standard InChI is InChI=1S/C15H13N3O2S/c1-9-7-14(18(2)17-9)21-13-8-11(15(19)20)10-5-3-4-6-12(10)16-13/h3-8H,1-2H3,(H,19,20). The topological polar surface area (TPSA) is 68.0 Å². The minimum Gasteiger partial charge on any atom is -0.478 e. The van der Waals surface area contributed by atoms with Crippen LogP contribution < -0.4 is 0 Å². The summed E-state index contributed by atoms with van der Waals surface area (Å²) < 4.78 is 1.76. The van der Waals surface area contributed by atoms with Gasteiger partial charge in [0.15, 0.2) is 0 Å². The summed E-state index contributed by atoms with van der Waals surface area (Å²) in [6, 6.07) is 10.8. The molecule has 0 saturated heterocycles. The molecule has 21 heavy (non-hydrogen) atoms. The molecule has 1 aromatic carbocycles. The second-order valence-electron chi connectivity index (χ2n) is 4.68. The van der Waals surface area contributed by atoms with Crippen molar-refractivity contribution in [2.75, 3.05) is 0 Å². The number of pyridine rings is 1. The molecule has 0 spiro atoms. The average Bonchev–Trinajstić information content (AvgIpc) is 2.76. The lowest BCUT2D eigenvalue weighted by Crippen LogP contribution is -2.00. The Kier molecular flexibility index (Phi) is 3.39. The maximum absolute atomic E-state index is 11.4. The van der Waals surface area contributed by atoms with Gasteiger partial charge in [0.2, 0.25) is 0 Å². The molecule has 2 aromatic heterocycles. The number of carboxylic acids is 1. The van der Waals surface area contributed by atoms with Gasteiger partial charge in [-0.3, -0.25) is 4.68 Å². The molecule has 2 heterocycles. The fourth-order valence-electron chi connectivity index (χ4n) is 2.17. The molecule has 0 aliphatic rings.